The third-order valence-corrected chi connectivity index (χ3v) is 3.67. The van der Waals surface area contributed by atoms with Crippen molar-refractivity contribution in [3.05, 3.63) is 29.6 Å². The maximum absolute atomic E-state index is 13.7. The molecule has 1 aromatic rings. The minimum Gasteiger partial charge on any atom is -0.507 e. The Kier molecular flexibility index (Phi) is 7.15. The van der Waals surface area contributed by atoms with Gasteiger partial charge >= 0.3 is 0 Å². The van der Waals surface area contributed by atoms with Gasteiger partial charge in [-0.3, -0.25) is 4.79 Å². The summed E-state index contributed by atoms with van der Waals surface area (Å²) in [6.07, 6.45) is 0.830. The van der Waals surface area contributed by atoms with Crippen molar-refractivity contribution in [1.82, 2.24) is 9.80 Å². The Morgan fingerprint density at radius 1 is 1.14 bits per heavy atom. The van der Waals surface area contributed by atoms with Crippen LogP contribution in [-0.4, -0.2) is 53.5 Å². The molecular weight excluding hydrogens is 271 g/mol. The highest BCUT2D eigenvalue weighted by atomic mass is 19.1. The van der Waals surface area contributed by atoms with Gasteiger partial charge in [0.1, 0.15) is 17.1 Å². The maximum Gasteiger partial charge on any atom is 0.260 e. The lowest BCUT2D eigenvalue weighted by molar-refractivity contribution is 0.0749. The minimum atomic E-state index is -0.679. The first-order valence-corrected chi connectivity index (χ1v) is 7.54. The van der Waals surface area contributed by atoms with E-state index in [1.807, 2.05) is 6.92 Å². The number of phenolic OH excluding ortho intramolecular Hbond substituents is 1. The summed E-state index contributed by atoms with van der Waals surface area (Å²) < 4.78 is 13.7. The summed E-state index contributed by atoms with van der Waals surface area (Å²) in [5.41, 5.74) is -0.234. The standard InChI is InChI=1S/C16H25FN2O2/c1-4-18(5-2)11-8-12-19(6-3)16(21)15-13(17)9-7-10-14(15)20/h7,9-10,20H,4-6,8,11-12H2,1-3H3. The third-order valence-electron chi connectivity index (χ3n) is 3.67. The number of benzene rings is 1. The second-order valence-electron chi connectivity index (χ2n) is 4.90. The van der Waals surface area contributed by atoms with Gasteiger partial charge in [0, 0.05) is 13.1 Å². The zero-order chi connectivity index (χ0) is 15.8. The smallest absolute Gasteiger partial charge is 0.260 e. The first-order valence-electron chi connectivity index (χ1n) is 7.54. The highest BCUT2D eigenvalue weighted by Crippen LogP contribution is 2.21. The van der Waals surface area contributed by atoms with E-state index in [9.17, 15) is 14.3 Å². The first kappa shape index (κ1) is 17.4. The Labute approximate surface area is 126 Å². The van der Waals surface area contributed by atoms with Crippen molar-refractivity contribution >= 4 is 5.91 Å². The van der Waals surface area contributed by atoms with Gasteiger partial charge in [-0.2, -0.15) is 0 Å². The lowest BCUT2D eigenvalue weighted by Crippen LogP contribution is -2.34. The predicted molar refractivity (Wildman–Crippen MR) is 82.0 cm³/mol. The van der Waals surface area contributed by atoms with Crippen LogP contribution < -0.4 is 0 Å². The van der Waals surface area contributed by atoms with Crippen molar-refractivity contribution in [2.24, 2.45) is 0 Å². The van der Waals surface area contributed by atoms with Crippen molar-refractivity contribution in [3.63, 3.8) is 0 Å². The van der Waals surface area contributed by atoms with Crippen molar-refractivity contribution in [2.75, 3.05) is 32.7 Å². The average Bonchev–Trinajstić information content (AvgIpc) is 2.47. The van der Waals surface area contributed by atoms with E-state index >= 15 is 0 Å². The summed E-state index contributed by atoms with van der Waals surface area (Å²) in [5.74, 6) is -1.43. The molecule has 0 aliphatic rings. The Morgan fingerprint density at radius 2 is 1.81 bits per heavy atom. The van der Waals surface area contributed by atoms with E-state index in [0.29, 0.717) is 13.1 Å². The average molecular weight is 296 g/mol. The molecule has 0 aliphatic carbocycles. The Hall–Kier alpha value is -1.62. The topological polar surface area (TPSA) is 43.8 Å². The highest BCUT2D eigenvalue weighted by molar-refractivity contribution is 5.97. The van der Waals surface area contributed by atoms with Crippen molar-refractivity contribution < 1.29 is 14.3 Å². The van der Waals surface area contributed by atoms with E-state index in [-0.39, 0.29) is 11.3 Å². The maximum atomic E-state index is 13.7. The molecule has 1 aromatic carbocycles. The van der Waals surface area contributed by atoms with Crippen LogP contribution in [0.25, 0.3) is 0 Å². The van der Waals surface area contributed by atoms with E-state index in [1.54, 1.807) is 4.90 Å². The van der Waals surface area contributed by atoms with Gasteiger partial charge in [-0.15, -0.1) is 0 Å². The van der Waals surface area contributed by atoms with E-state index in [2.05, 4.69) is 18.7 Å². The number of aromatic hydroxyl groups is 1. The van der Waals surface area contributed by atoms with Gasteiger partial charge in [-0.05, 0) is 45.1 Å². The van der Waals surface area contributed by atoms with E-state index in [0.717, 1.165) is 26.1 Å². The molecule has 1 rings (SSSR count). The van der Waals surface area contributed by atoms with Gasteiger partial charge in [0.2, 0.25) is 0 Å². The monoisotopic (exact) mass is 296 g/mol. The molecule has 0 spiro atoms. The SMILES string of the molecule is CCN(CC)CCCN(CC)C(=O)c1c(O)cccc1F. The summed E-state index contributed by atoms with van der Waals surface area (Å²) in [6.45, 7) is 9.96. The summed E-state index contributed by atoms with van der Waals surface area (Å²) in [4.78, 5) is 16.2. The van der Waals surface area contributed by atoms with Crippen LogP contribution in [-0.2, 0) is 0 Å². The van der Waals surface area contributed by atoms with E-state index in [1.165, 1.54) is 18.2 Å². The number of amides is 1. The predicted octanol–water partition coefficient (Wildman–Crippen LogP) is 2.73. The number of nitrogens with zero attached hydrogens (tertiary/aromatic N) is 2. The molecule has 0 atom stereocenters. The summed E-state index contributed by atoms with van der Waals surface area (Å²) in [7, 11) is 0. The molecule has 4 nitrogen and oxygen atoms in total. The van der Waals surface area contributed by atoms with Crippen LogP contribution in [0.2, 0.25) is 0 Å². The second-order valence-corrected chi connectivity index (χ2v) is 4.90. The van der Waals surface area contributed by atoms with Crippen LogP contribution in [0.3, 0.4) is 0 Å². The Balaban J connectivity index is 2.69. The van der Waals surface area contributed by atoms with Gasteiger partial charge in [0.25, 0.3) is 5.91 Å². The number of phenols is 1. The zero-order valence-corrected chi connectivity index (χ0v) is 13.1. The zero-order valence-electron chi connectivity index (χ0n) is 13.1. The Morgan fingerprint density at radius 3 is 2.33 bits per heavy atom. The molecule has 0 aliphatic heterocycles. The third kappa shape index (κ3) is 4.70. The number of hydrogen-bond donors (Lipinski definition) is 1. The number of halogens is 1. The van der Waals surface area contributed by atoms with Crippen LogP contribution in [0.15, 0.2) is 18.2 Å². The van der Waals surface area contributed by atoms with Gasteiger partial charge in [-0.1, -0.05) is 19.9 Å². The van der Waals surface area contributed by atoms with E-state index < -0.39 is 11.7 Å². The van der Waals surface area contributed by atoms with Crippen LogP contribution >= 0.6 is 0 Å². The fourth-order valence-electron chi connectivity index (χ4n) is 2.31. The highest BCUT2D eigenvalue weighted by Gasteiger charge is 2.21. The lowest BCUT2D eigenvalue weighted by atomic mass is 10.1. The fourth-order valence-corrected chi connectivity index (χ4v) is 2.31. The van der Waals surface area contributed by atoms with E-state index in [4.69, 9.17) is 0 Å². The Bertz CT molecular complexity index is 441. The van der Waals surface area contributed by atoms with Crippen molar-refractivity contribution in [3.8, 4) is 5.75 Å². The van der Waals surface area contributed by atoms with Gasteiger partial charge in [-0.25, -0.2) is 4.39 Å². The summed E-state index contributed by atoms with van der Waals surface area (Å²) >= 11 is 0. The van der Waals surface area contributed by atoms with Crippen molar-refractivity contribution in [2.45, 2.75) is 27.2 Å². The molecule has 1 N–H and O–H groups in total. The number of carbonyl (C=O) groups is 1. The quantitative estimate of drug-likeness (QED) is 0.802. The molecule has 21 heavy (non-hydrogen) atoms. The van der Waals surface area contributed by atoms with Crippen LogP contribution in [0.4, 0.5) is 4.39 Å². The first-order chi connectivity index (χ1) is 10.0. The molecule has 0 aromatic heterocycles. The van der Waals surface area contributed by atoms with Gasteiger partial charge in [0.15, 0.2) is 0 Å². The fraction of sp³-hybridized carbons (Fsp3) is 0.562. The molecule has 0 saturated heterocycles. The second kappa shape index (κ2) is 8.62. The normalized spacial score (nSPS) is 10.9. The lowest BCUT2D eigenvalue weighted by Gasteiger charge is -2.24. The molecule has 0 fully saturated rings. The van der Waals surface area contributed by atoms with Gasteiger partial charge < -0.3 is 14.9 Å². The molecule has 1 amide bonds. The summed E-state index contributed by atoms with van der Waals surface area (Å²) in [6, 6.07) is 3.91. The molecule has 118 valence electrons. The number of carbonyl (C=O) groups excluding carboxylic acids is 1. The van der Waals surface area contributed by atoms with Crippen LogP contribution in [0.1, 0.15) is 37.6 Å². The number of rotatable bonds is 8. The molecule has 0 radical (unpaired) electrons. The largest absolute Gasteiger partial charge is 0.507 e. The van der Waals surface area contributed by atoms with Crippen LogP contribution in [0.5, 0.6) is 5.75 Å². The molecule has 5 heteroatoms. The molecule has 0 saturated carbocycles. The van der Waals surface area contributed by atoms with Crippen molar-refractivity contribution in [1.29, 1.82) is 0 Å². The molecule has 0 heterocycles. The molecule has 0 unspecified atom stereocenters. The molecular formula is C16H25FN2O2. The van der Waals surface area contributed by atoms with Gasteiger partial charge in [0.05, 0.1) is 0 Å². The number of hydrogen-bond acceptors (Lipinski definition) is 3. The minimum absolute atomic E-state index is 0.234. The summed E-state index contributed by atoms with van der Waals surface area (Å²) in [5, 5.41) is 9.70. The molecule has 0 bridgehead atoms. The van der Waals surface area contributed by atoms with Crippen LogP contribution in [0, 0.1) is 5.82 Å².